The molecule has 5 heteroatoms. The number of likely N-dealkylation sites (N-methyl/N-ethyl adjacent to an activating group) is 1. The fourth-order valence-corrected chi connectivity index (χ4v) is 6.77. The quantitative estimate of drug-likeness (QED) is 0.427. The van der Waals surface area contributed by atoms with Crippen LogP contribution < -0.4 is 0 Å². The van der Waals surface area contributed by atoms with Gasteiger partial charge in [-0.3, -0.25) is 0 Å². The van der Waals surface area contributed by atoms with Gasteiger partial charge in [0.05, 0.1) is 0 Å². The Kier molecular flexibility index (Phi) is 14.7. The van der Waals surface area contributed by atoms with Gasteiger partial charge in [0.15, 0.2) is 0 Å². The van der Waals surface area contributed by atoms with Crippen LogP contribution in [0, 0.1) is 0 Å². The van der Waals surface area contributed by atoms with Gasteiger partial charge in [-0.2, -0.15) is 0 Å². The fraction of sp³-hybridized carbons (Fsp3) is 1.00. The van der Waals surface area contributed by atoms with Gasteiger partial charge in [-0.15, -0.1) is 16.6 Å². The molecule has 0 unspecified atom stereocenters. The second-order valence-electron chi connectivity index (χ2n) is 9.90. The molecule has 0 N–H and O–H groups in total. The van der Waals surface area contributed by atoms with Crippen LogP contribution in [0.5, 0.6) is 0 Å². The van der Waals surface area contributed by atoms with Gasteiger partial charge in [0.25, 0.3) is 0 Å². The average molecular weight is 417 g/mol. The van der Waals surface area contributed by atoms with E-state index >= 15 is 0 Å². The minimum Gasteiger partial charge on any atom is -0.658 e. The van der Waals surface area contributed by atoms with Crippen LogP contribution in [0.2, 0.25) is 18.1 Å². The Balaban J connectivity index is -0.000000418. The zero-order chi connectivity index (χ0) is 19.8. The Bertz CT molecular complexity index is 307. The van der Waals surface area contributed by atoms with Crippen LogP contribution in [0.4, 0.5) is 0 Å². The van der Waals surface area contributed by atoms with Crippen molar-refractivity contribution < 1.29 is 16.8 Å². The van der Waals surface area contributed by atoms with Crippen molar-refractivity contribution in [2.75, 3.05) is 20.6 Å². The van der Waals surface area contributed by atoms with Gasteiger partial charge >= 0.3 is 16.8 Å². The fourth-order valence-electron chi connectivity index (χ4n) is 3.44. The van der Waals surface area contributed by atoms with Crippen LogP contribution in [0.15, 0.2) is 0 Å². The first kappa shape index (κ1) is 30.3. The molecular weight excluding hydrogens is 369 g/mol. The Morgan fingerprint density at radius 2 is 1.04 bits per heavy atom. The molecule has 0 aromatic heterocycles. The molecule has 0 aliphatic carbocycles. The third-order valence-corrected chi connectivity index (χ3v) is 8.92. The second-order valence-corrected chi connectivity index (χ2v) is 14.7. The Hall–Kier alpha value is 0.603. The third-order valence-electron chi connectivity index (χ3n) is 3.89. The summed E-state index contributed by atoms with van der Waals surface area (Å²) in [5.74, 6) is 0. The molecule has 25 heavy (non-hydrogen) atoms. The molecule has 0 bridgehead atoms. The molecule has 0 fully saturated rings. The summed E-state index contributed by atoms with van der Waals surface area (Å²) in [6.07, 6.45) is 0. The van der Waals surface area contributed by atoms with Crippen molar-refractivity contribution in [2.24, 2.45) is 0 Å². The molecule has 0 saturated carbocycles. The summed E-state index contributed by atoms with van der Waals surface area (Å²) in [6.45, 7) is 25.3. The minimum absolute atomic E-state index is 0. The van der Waals surface area contributed by atoms with E-state index in [1.54, 1.807) is 0 Å². The van der Waals surface area contributed by atoms with Crippen molar-refractivity contribution in [1.29, 1.82) is 0 Å². The van der Waals surface area contributed by atoms with E-state index in [9.17, 15) is 0 Å². The van der Waals surface area contributed by atoms with E-state index in [1.165, 1.54) is 18.1 Å². The smallest absolute Gasteiger partial charge is 0.658 e. The average Bonchev–Trinajstić information content (AvgIpc) is 2.30. The molecule has 0 radical (unpaired) electrons. The van der Waals surface area contributed by atoms with Gasteiger partial charge < -0.3 is 15.2 Å². The van der Waals surface area contributed by atoms with Gasteiger partial charge in [0.2, 0.25) is 0 Å². The van der Waals surface area contributed by atoms with Gasteiger partial charge in [-0.25, -0.2) is 0 Å². The molecule has 0 heterocycles. The summed E-state index contributed by atoms with van der Waals surface area (Å²) in [5.41, 5.74) is 0.342. The molecule has 0 aliphatic rings. The standard InChI is InChI=1S/C12H29N2Si.C8H18N.Co/c1-8-15(9-2,10-3)13-12(4,5)11-14(6)7;1-7(2,3)9-8(4,5)6;/h8-11H2,1-7H3;1-6H3;/q2*-1;+3. The van der Waals surface area contributed by atoms with Crippen molar-refractivity contribution in [2.45, 2.75) is 111 Å². The molecule has 0 atom stereocenters. The van der Waals surface area contributed by atoms with Crippen LogP contribution in [0.25, 0.3) is 10.3 Å². The molecule has 0 spiro atoms. The Labute approximate surface area is 171 Å². The number of hydrogen-bond donors (Lipinski definition) is 0. The predicted molar refractivity (Wildman–Crippen MR) is 116 cm³/mol. The second kappa shape index (κ2) is 12.1. The number of nitrogens with zero attached hydrogens (tertiary/aromatic N) is 3. The molecule has 3 nitrogen and oxygen atoms in total. The maximum Gasteiger partial charge on any atom is 3.00 e. The zero-order valence-electron chi connectivity index (χ0n) is 19.5. The molecule has 0 aromatic rings. The Morgan fingerprint density at radius 3 is 1.20 bits per heavy atom. The number of rotatable bonds is 7. The van der Waals surface area contributed by atoms with Crippen molar-refractivity contribution in [1.82, 2.24) is 4.90 Å². The summed E-state index contributed by atoms with van der Waals surface area (Å²) in [5, 5.41) is 4.54. The summed E-state index contributed by atoms with van der Waals surface area (Å²) in [4.78, 5) is 7.47. The van der Waals surface area contributed by atoms with Crippen LogP contribution in [0.1, 0.15) is 76.2 Å². The minimum atomic E-state index is -1.32. The first-order valence-corrected chi connectivity index (χ1v) is 12.2. The molecule has 0 aliphatic heterocycles. The third kappa shape index (κ3) is 17.8. The van der Waals surface area contributed by atoms with Crippen molar-refractivity contribution in [3.63, 3.8) is 0 Å². The van der Waals surface area contributed by atoms with Crippen LogP contribution in [-0.4, -0.2) is 50.4 Å². The molecule has 0 amide bonds. The van der Waals surface area contributed by atoms with E-state index in [2.05, 4.69) is 100 Å². The van der Waals surface area contributed by atoms with E-state index in [0.29, 0.717) is 0 Å². The van der Waals surface area contributed by atoms with Crippen molar-refractivity contribution in [3.8, 4) is 0 Å². The van der Waals surface area contributed by atoms with E-state index in [1.807, 2.05) is 0 Å². The predicted octanol–water partition coefficient (Wildman–Crippen LogP) is 6.66. The largest absolute Gasteiger partial charge is 3.00 e. The summed E-state index contributed by atoms with van der Waals surface area (Å²) in [7, 11) is 2.94. The van der Waals surface area contributed by atoms with Gasteiger partial charge in [0.1, 0.15) is 0 Å². The van der Waals surface area contributed by atoms with Gasteiger partial charge in [-0.1, -0.05) is 103 Å². The van der Waals surface area contributed by atoms with E-state index in [4.69, 9.17) is 4.98 Å². The number of hydrogen-bond acceptors (Lipinski definition) is 1. The van der Waals surface area contributed by atoms with Crippen molar-refractivity contribution in [3.05, 3.63) is 10.3 Å². The first-order valence-electron chi connectivity index (χ1n) is 9.64. The molecule has 0 aromatic carbocycles. The van der Waals surface area contributed by atoms with E-state index in [-0.39, 0.29) is 33.4 Å². The SMILES string of the molecule is CC(C)(C)[N-]C(C)(C)C.CC[Si](CC)(CC)[N-]C(C)(C)CN(C)C.[Co+3]. The summed E-state index contributed by atoms with van der Waals surface area (Å²) >= 11 is 0. The van der Waals surface area contributed by atoms with Gasteiger partial charge in [-0.05, 0) is 20.6 Å². The molecule has 0 saturated heterocycles. The molecule has 154 valence electrons. The molecule has 0 rings (SSSR count). The maximum atomic E-state index is 5.23. The van der Waals surface area contributed by atoms with Crippen LogP contribution >= 0.6 is 0 Å². The van der Waals surface area contributed by atoms with Crippen LogP contribution in [-0.2, 0) is 16.8 Å². The van der Waals surface area contributed by atoms with E-state index in [0.717, 1.165) is 6.54 Å². The Morgan fingerprint density at radius 1 is 0.720 bits per heavy atom. The summed E-state index contributed by atoms with van der Waals surface area (Å²) < 4.78 is 0. The summed E-state index contributed by atoms with van der Waals surface area (Å²) in [6, 6.07) is 3.87. The molecular formula is C20H47CoN3Si+. The first-order chi connectivity index (χ1) is 10.5. The monoisotopic (exact) mass is 416 g/mol. The van der Waals surface area contributed by atoms with E-state index < -0.39 is 8.24 Å². The van der Waals surface area contributed by atoms with Crippen LogP contribution in [0.3, 0.4) is 0 Å². The van der Waals surface area contributed by atoms with Gasteiger partial charge in [0, 0.05) is 0 Å². The topological polar surface area (TPSA) is 31.4 Å². The zero-order valence-corrected chi connectivity index (χ0v) is 21.5. The maximum absolute atomic E-state index is 5.23. The normalized spacial score (nSPS) is 13.2. The van der Waals surface area contributed by atoms with Crippen molar-refractivity contribution >= 4 is 8.24 Å².